The summed E-state index contributed by atoms with van der Waals surface area (Å²) >= 11 is 0. The molecule has 0 saturated carbocycles. The second-order valence-corrected chi connectivity index (χ2v) is 3.35. The lowest BCUT2D eigenvalue weighted by Gasteiger charge is -2.11. The van der Waals surface area contributed by atoms with Crippen LogP contribution in [0.2, 0.25) is 0 Å². The zero-order valence-corrected chi connectivity index (χ0v) is 8.52. The summed E-state index contributed by atoms with van der Waals surface area (Å²) < 4.78 is 5.55. The van der Waals surface area contributed by atoms with E-state index in [2.05, 4.69) is 12.2 Å². The lowest BCUT2D eigenvalue weighted by molar-refractivity contribution is -0.687. The van der Waals surface area contributed by atoms with Crippen LogP contribution in [0.25, 0.3) is 0 Å². The maximum atomic E-state index is 8.63. The van der Waals surface area contributed by atoms with Gasteiger partial charge < -0.3 is 15.2 Å². The van der Waals surface area contributed by atoms with Crippen LogP contribution in [0.5, 0.6) is 5.75 Å². The highest BCUT2D eigenvalue weighted by Gasteiger charge is 2.04. The first-order valence-corrected chi connectivity index (χ1v) is 4.95. The van der Waals surface area contributed by atoms with Crippen LogP contribution in [0.15, 0.2) is 30.3 Å². The molecule has 1 aromatic rings. The maximum Gasteiger partial charge on any atom is 0.139 e. The van der Waals surface area contributed by atoms with Crippen molar-refractivity contribution in [1.82, 2.24) is 0 Å². The molecule has 14 heavy (non-hydrogen) atoms. The number of ether oxygens (including phenoxy) is 1. The van der Waals surface area contributed by atoms with Crippen LogP contribution in [0.3, 0.4) is 0 Å². The molecular formula is C11H18NO2+. The van der Waals surface area contributed by atoms with Crippen LogP contribution in [0.1, 0.15) is 6.92 Å². The van der Waals surface area contributed by atoms with Gasteiger partial charge in [0.2, 0.25) is 0 Å². The molecule has 0 fully saturated rings. The van der Waals surface area contributed by atoms with Gasteiger partial charge in [-0.3, -0.25) is 0 Å². The van der Waals surface area contributed by atoms with Crippen molar-refractivity contribution < 1.29 is 15.2 Å². The SMILES string of the molecule is C[C@H](COc1ccccc1)[NH2+]CCO. The van der Waals surface area contributed by atoms with Gasteiger partial charge in [-0.15, -0.1) is 0 Å². The van der Waals surface area contributed by atoms with E-state index in [0.29, 0.717) is 12.6 Å². The molecule has 0 amide bonds. The van der Waals surface area contributed by atoms with E-state index in [1.807, 2.05) is 30.3 Å². The van der Waals surface area contributed by atoms with Crippen LogP contribution < -0.4 is 10.1 Å². The first-order chi connectivity index (χ1) is 6.83. The summed E-state index contributed by atoms with van der Waals surface area (Å²) in [4.78, 5) is 0. The fourth-order valence-corrected chi connectivity index (χ4v) is 1.17. The summed E-state index contributed by atoms with van der Waals surface area (Å²) in [6.07, 6.45) is 0. The molecule has 0 saturated heterocycles. The van der Waals surface area contributed by atoms with E-state index >= 15 is 0 Å². The number of benzene rings is 1. The summed E-state index contributed by atoms with van der Waals surface area (Å²) in [6.45, 7) is 3.71. The second kappa shape index (κ2) is 6.40. The highest BCUT2D eigenvalue weighted by atomic mass is 16.5. The molecule has 0 spiro atoms. The van der Waals surface area contributed by atoms with Gasteiger partial charge in [0.05, 0.1) is 13.2 Å². The summed E-state index contributed by atoms with van der Waals surface area (Å²) in [5, 5.41) is 10.7. The first kappa shape index (κ1) is 11.0. The van der Waals surface area contributed by atoms with E-state index in [1.54, 1.807) is 0 Å². The molecule has 1 atom stereocenters. The zero-order valence-electron chi connectivity index (χ0n) is 8.52. The minimum atomic E-state index is 0.218. The third kappa shape index (κ3) is 4.25. The van der Waals surface area contributed by atoms with Gasteiger partial charge in [-0.05, 0) is 19.1 Å². The van der Waals surface area contributed by atoms with E-state index < -0.39 is 0 Å². The van der Waals surface area contributed by atoms with Crippen molar-refractivity contribution in [3.05, 3.63) is 30.3 Å². The van der Waals surface area contributed by atoms with E-state index in [0.717, 1.165) is 12.3 Å². The molecule has 3 N–H and O–H groups in total. The number of rotatable bonds is 6. The van der Waals surface area contributed by atoms with Gasteiger partial charge in [-0.2, -0.15) is 0 Å². The van der Waals surface area contributed by atoms with Crippen molar-refractivity contribution in [3.63, 3.8) is 0 Å². The summed E-state index contributed by atoms with van der Waals surface area (Å²) in [7, 11) is 0. The van der Waals surface area contributed by atoms with Crippen molar-refractivity contribution in [1.29, 1.82) is 0 Å². The number of nitrogens with two attached hydrogens (primary N) is 1. The van der Waals surface area contributed by atoms with Crippen molar-refractivity contribution in [3.8, 4) is 5.75 Å². The minimum absolute atomic E-state index is 0.218. The normalized spacial score (nSPS) is 12.4. The predicted octanol–water partition coefficient (Wildman–Crippen LogP) is 0.00960. The highest BCUT2D eigenvalue weighted by molar-refractivity contribution is 5.20. The van der Waals surface area contributed by atoms with Crippen molar-refractivity contribution in [2.45, 2.75) is 13.0 Å². The number of para-hydroxylation sites is 1. The molecule has 0 aliphatic rings. The maximum absolute atomic E-state index is 8.63. The van der Waals surface area contributed by atoms with Crippen molar-refractivity contribution in [2.24, 2.45) is 0 Å². The number of hydrogen-bond donors (Lipinski definition) is 2. The Bertz CT molecular complexity index is 238. The monoisotopic (exact) mass is 196 g/mol. The molecule has 0 aliphatic heterocycles. The lowest BCUT2D eigenvalue weighted by Crippen LogP contribution is -2.91. The molecular weight excluding hydrogens is 178 g/mol. The molecule has 0 unspecified atom stereocenters. The predicted molar refractivity (Wildman–Crippen MR) is 55.3 cm³/mol. The average Bonchev–Trinajstić information content (AvgIpc) is 2.25. The second-order valence-electron chi connectivity index (χ2n) is 3.35. The molecule has 0 aliphatic carbocycles. The van der Waals surface area contributed by atoms with Gasteiger partial charge in [0.25, 0.3) is 0 Å². The summed E-state index contributed by atoms with van der Waals surface area (Å²) in [5.41, 5.74) is 0. The molecule has 0 heterocycles. The smallest absolute Gasteiger partial charge is 0.139 e. The third-order valence-electron chi connectivity index (χ3n) is 1.95. The van der Waals surface area contributed by atoms with Crippen LogP contribution in [0.4, 0.5) is 0 Å². The van der Waals surface area contributed by atoms with E-state index in [1.165, 1.54) is 0 Å². The molecule has 78 valence electrons. The van der Waals surface area contributed by atoms with E-state index in [-0.39, 0.29) is 6.61 Å². The van der Waals surface area contributed by atoms with E-state index in [9.17, 15) is 0 Å². The number of quaternary nitrogens is 1. The number of hydrogen-bond acceptors (Lipinski definition) is 2. The Morgan fingerprint density at radius 2 is 2.07 bits per heavy atom. The summed E-state index contributed by atoms with van der Waals surface area (Å²) in [5.74, 6) is 0.900. The largest absolute Gasteiger partial charge is 0.487 e. The van der Waals surface area contributed by atoms with Crippen LogP contribution in [0, 0.1) is 0 Å². The molecule has 0 radical (unpaired) electrons. The Balaban J connectivity index is 2.20. The lowest BCUT2D eigenvalue weighted by atomic mass is 10.3. The number of aliphatic hydroxyl groups is 1. The third-order valence-corrected chi connectivity index (χ3v) is 1.95. The van der Waals surface area contributed by atoms with Gasteiger partial charge in [0.15, 0.2) is 0 Å². The fraction of sp³-hybridized carbons (Fsp3) is 0.455. The van der Waals surface area contributed by atoms with Crippen molar-refractivity contribution >= 4 is 0 Å². The fourth-order valence-electron chi connectivity index (χ4n) is 1.17. The Morgan fingerprint density at radius 1 is 1.36 bits per heavy atom. The Morgan fingerprint density at radius 3 is 2.71 bits per heavy atom. The average molecular weight is 196 g/mol. The van der Waals surface area contributed by atoms with Crippen LogP contribution in [-0.2, 0) is 0 Å². The molecule has 0 bridgehead atoms. The van der Waals surface area contributed by atoms with Gasteiger partial charge in [-0.25, -0.2) is 0 Å². The van der Waals surface area contributed by atoms with Crippen LogP contribution in [-0.4, -0.2) is 30.9 Å². The van der Waals surface area contributed by atoms with Crippen LogP contribution >= 0.6 is 0 Å². The highest BCUT2D eigenvalue weighted by Crippen LogP contribution is 2.07. The van der Waals surface area contributed by atoms with Gasteiger partial charge in [0.1, 0.15) is 18.4 Å². The summed E-state index contributed by atoms with van der Waals surface area (Å²) in [6, 6.07) is 10.1. The molecule has 0 aromatic heterocycles. The van der Waals surface area contributed by atoms with Gasteiger partial charge in [-0.1, -0.05) is 18.2 Å². The minimum Gasteiger partial charge on any atom is -0.487 e. The van der Waals surface area contributed by atoms with E-state index in [4.69, 9.17) is 9.84 Å². The Hall–Kier alpha value is -1.06. The Labute approximate surface area is 84.7 Å². The Kier molecular flexibility index (Phi) is 5.04. The zero-order chi connectivity index (χ0) is 10.2. The molecule has 3 heteroatoms. The standard InChI is InChI=1S/C11H17NO2/c1-10(12-7-8-13)9-14-11-5-3-2-4-6-11/h2-6,10,12-13H,7-9H2,1H3/p+1/t10-/m1/s1. The van der Waals surface area contributed by atoms with Gasteiger partial charge in [0, 0.05) is 0 Å². The number of aliphatic hydroxyl groups excluding tert-OH is 1. The quantitative estimate of drug-likeness (QED) is 0.673. The molecule has 1 rings (SSSR count). The molecule has 3 nitrogen and oxygen atoms in total. The van der Waals surface area contributed by atoms with Gasteiger partial charge >= 0.3 is 0 Å². The molecule has 1 aromatic carbocycles. The topological polar surface area (TPSA) is 46.1 Å². The van der Waals surface area contributed by atoms with Crippen molar-refractivity contribution in [2.75, 3.05) is 19.8 Å². The first-order valence-electron chi connectivity index (χ1n) is 4.95.